The number of hydrogen-bond donors (Lipinski definition) is 2. The minimum absolute atomic E-state index is 0.450. The van der Waals surface area contributed by atoms with Crippen LogP contribution in [-0.2, 0) is 0 Å². The number of aromatic amines is 1. The summed E-state index contributed by atoms with van der Waals surface area (Å²) in [7, 11) is 0. The Hall–Kier alpha value is -1.35. The van der Waals surface area contributed by atoms with Crippen molar-refractivity contribution in [3.63, 3.8) is 0 Å². The van der Waals surface area contributed by atoms with Crippen LogP contribution in [0.5, 0.6) is 0 Å². The molecule has 0 unspecified atom stereocenters. The van der Waals surface area contributed by atoms with E-state index in [0.717, 1.165) is 16.5 Å². The smallest absolute Gasteiger partial charge is 0.0782 e. The maximum atomic E-state index is 9.39. The Kier molecular flexibility index (Phi) is 1.59. The molecule has 0 bridgehead atoms. The highest BCUT2D eigenvalue weighted by Crippen LogP contribution is 2.21. The Labute approximate surface area is 70.0 Å². The van der Waals surface area contributed by atoms with E-state index in [1.54, 1.807) is 13.1 Å². The predicted octanol–water partition coefficient (Wildman–Crippen LogP) is 1.62. The van der Waals surface area contributed by atoms with E-state index in [2.05, 4.69) is 10.2 Å². The summed E-state index contributed by atoms with van der Waals surface area (Å²) >= 11 is 0. The second-order valence-corrected chi connectivity index (χ2v) is 2.86. The number of rotatable bonds is 1. The first-order valence-corrected chi connectivity index (χ1v) is 3.89. The molecule has 62 valence electrons. The molecule has 1 aromatic carbocycles. The molecule has 0 aliphatic heterocycles. The fraction of sp³-hybridized carbons (Fsp3) is 0.222. The van der Waals surface area contributed by atoms with E-state index in [0.29, 0.717) is 0 Å². The molecule has 0 saturated heterocycles. The number of aromatic nitrogens is 2. The maximum absolute atomic E-state index is 9.39. The second kappa shape index (κ2) is 2.60. The van der Waals surface area contributed by atoms with Gasteiger partial charge in [-0.25, -0.2) is 0 Å². The third-order valence-electron chi connectivity index (χ3n) is 1.96. The Bertz CT molecular complexity index is 392. The average molecular weight is 162 g/mol. The molecule has 1 heterocycles. The van der Waals surface area contributed by atoms with Gasteiger partial charge in [0, 0.05) is 10.9 Å². The van der Waals surface area contributed by atoms with Crippen molar-refractivity contribution in [1.29, 1.82) is 0 Å². The van der Waals surface area contributed by atoms with Crippen LogP contribution in [0.3, 0.4) is 0 Å². The lowest BCUT2D eigenvalue weighted by Gasteiger charge is -2.04. The first-order chi connectivity index (χ1) is 5.79. The van der Waals surface area contributed by atoms with E-state index in [-0.39, 0.29) is 0 Å². The van der Waals surface area contributed by atoms with Crippen LogP contribution in [0.15, 0.2) is 24.4 Å². The van der Waals surface area contributed by atoms with Crippen molar-refractivity contribution >= 4 is 10.9 Å². The van der Waals surface area contributed by atoms with Crippen molar-refractivity contribution in [3.05, 3.63) is 30.0 Å². The van der Waals surface area contributed by atoms with Crippen LogP contribution in [-0.4, -0.2) is 15.3 Å². The van der Waals surface area contributed by atoms with Gasteiger partial charge in [0.15, 0.2) is 0 Å². The van der Waals surface area contributed by atoms with Gasteiger partial charge >= 0.3 is 0 Å². The van der Waals surface area contributed by atoms with Crippen LogP contribution in [0.4, 0.5) is 0 Å². The van der Waals surface area contributed by atoms with Gasteiger partial charge in [-0.15, -0.1) is 0 Å². The molecule has 2 rings (SSSR count). The molecule has 0 aliphatic rings. The van der Waals surface area contributed by atoms with Gasteiger partial charge in [-0.3, -0.25) is 5.10 Å². The van der Waals surface area contributed by atoms with Crippen molar-refractivity contribution in [1.82, 2.24) is 10.2 Å². The van der Waals surface area contributed by atoms with Crippen LogP contribution < -0.4 is 0 Å². The summed E-state index contributed by atoms with van der Waals surface area (Å²) in [5.41, 5.74) is 1.82. The predicted molar refractivity (Wildman–Crippen MR) is 46.7 cm³/mol. The van der Waals surface area contributed by atoms with Gasteiger partial charge in [0.1, 0.15) is 0 Å². The molecule has 0 aliphatic carbocycles. The first kappa shape index (κ1) is 7.31. The van der Waals surface area contributed by atoms with Crippen molar-refractivity contribution in [3.8, 4) is 0 Å². The molecule has 3 heteroatoms. The molecule has 0 amide bonds. The van der Waals surface area contributed by atoms with E-state index < -0.39 is 6.10 Å². The standard InChI is InChI=1S/C9H10N2O/c1-6(12)8-4-2-3-7-5-10-11-9(7)8/h2-6,12H,1H3,(H,10,11)/t6-/m0/s1. The van der Waals surface area contributed by atoms with E-state index >= 15 is 0 Å². The van der Waals surface area contributed by atoms with Gasteiger partial charge in [0.2, 0.25) is 0 Å². The third kappa shape index (κ3) is 0.987. The van der Waals surface area contributed by atoms with Crippen molar-refractivity contribution < 1.29 is 5.11 Å². The van der Waals surface area contributed by atoms with Crippen molar-refractivity contribution in [2.75, 3.05) is 0 Å². The number of hydrogen-bond acceptors (Lipinski definition) is 2. The number of fused-ring (bicyclic) bond motifs is 1. The molecule has 0 radical (unpaired) electrons. The maximum Gasteiger partial charge on any atom is 0.0782 e. The molecule has 2 N–H and O–H groups in total. The van der Waals surface area contributed by atoms with Gasteiger partial charge in [0.25, 0.3) is 0 Å². The highest BCUT2D eigenvalue weighted by molar-refractivity contribution is 5.81. The average Bonchev–Trinajstić information content (AvgIpc) is 2.49. The molecule has 3 nitrogen and oxygen atoms in total. The lowest BCUT2D eigenvalue weighted by Crippen LogP contribution is -1.91. The molecule has 1 atom stereocenters. The highest BCUT2D eigenvalue weighted by Gasteiger charge is 2.06. The fourth-order valence-corrected chi connectivity index (χ4v) is 1.34. The van der Waals surface area contributed by atoms with Gasteiger partial charge < -0.3 is 5.11 Å². The molecular formula is C9H10N2O. The molecule has 12 heavy (non-hydrogen) atoms. The minimum atomic E-state index is -0.450. The van der Waals surface area contributed by atoms with E-state index in [1.165, 1.54) is 0 Å². The lowest BCUT2D eigenvalue weighted by molar-refractivity contribution is 0.200. The van der Waals surface area contributed by atoms with Gasteiger partial charge in [0.05, 0.1) is 17.8 Å². The van der Waals surface area contributed by atoms with Crippen LogP contribution >= 0.6 is 0 Å². The number of para-hydroxylation sites is 1. The zero-order chi connectivity index (χ0) is 8.55. The molecule has 0 spiro atoms. The summed E-state index contributed by atoms with van der Waals surface area (Å²) in [6.07, 6.45) is 1.30. The van der Waals surface area contributed by atoms with Crippen LogP contribution in [0, 0.1) is 0 Å². The first-order valence-electron chi connectivity index (χ1n) is 3.89. The summed E-state index contributed by atoms with van der Waals surface area (Å²) in [4.78, 5) is 0. The highest BCUT2D eigenvalue weighted by atomic mass is 16.3. The Morgan fingerprint density at radius 1 is 1.50 bits per heavy atom. The van der Waals surface area contributed by atoms with Crippen LogP contribution in [0.2, 0.25) is 0 Å². The summed E-state index contributed by atoms with van der Waals surface area (Å²) in [6.45, 7) is 1.75. The minimum Gasteiger partial charge on any atom is -0.389 e. The summed E-state index contributed by atoms with van der Waals surface area (Å²) in [5.74, 6) is 0. The monoisotopic (exact) mass is 162 g/mol. The van der Waals surface area contributed by atoms with Crippen LogP contribution in [0.1, 0.15) is 18.6 Å². The molecule has 2 aromatic rings. The quantitative estimate of drug-likeness (QED) is 0.669. The normalized spacial score (nSPS) is 13.5. The van der Waals surface area contributed by atoms with Crippen molar-refractivity contribution in [2.45, 2.75) is 13.0 Å². The summed E-state index contributed by atoms with van der Waals surface area (Å²) in [5, 5.41) is 17.2. The number of nitrogens with one attached hydrogen (secondary N) is 1. The zero-order valence-corrected chi connectivity index (χ0v) is 6.78. The molecule has 1 aromatic heterocycles. The Morgan fingerprint density at radius 2 is 2.33 bits per heavy atom. The van der Waals surface area contributed by atoms with Gasteiger partial charge in [-0.05, 0) is 6.92 Å². The largest absolute Gasteiger partial charge is 0.389 e. The zero-order valence-electron chi connectivity index (χ0n) is 6.78. The van der Waals surface area contributed by atoms with Crippen molar-refractivity contribution in [2.24, 2.45) is 0 Å². The van der Waals surface area contributed by atoms with Crippen LogP contribution in [0.25, 0.3) is 10.9 Å². The number of aliphatic hydroxyl groups excluding tert-OH is 1. The fourth-order valence-electron chi connectivity index (χ4n) is 1.34. The van der Waals surface area contributed by atoms with Gasteiger partial charge in [-0.2, -0.15) is 5.10 Å². The van der Waals surface area contributed by atoms with E-state index in [4.69, 9.17) is 0 Å². The lowest BCUT2D eigenvalue weighted by atomic mass is 10.1. The van der Waals surface area contributed by atoms with Gasteiger partial charge in [-0.1, -0.05) is 18.2 Å². The Morgan fingerprint density at radius 3 is 3.08 bits per heavy atom. The topological polar surface area (TPSA) is 48.9 Å². The summed E-state index contributed by atoms with van der Waals surface area (Å²) in [6, 6.07) is 5.77. The number of H-pyrrole nitrogens is 1. The number of aliphatic hydroxyl groups is 1. The number of benzene rings is 1. The van der Waals surface area contributed by atoms with E-state index in [1.807, 2.05) is 18.2 Å². The third-order valence-corrected chi connectivity index (χ3v) is 1.96. The number of nitrogens with zero attached hydrogens (tertiary/aromatic N) is 1. The molecule has 0 fully saturated rings. The second-order valence-electron chi connectivity index (χ2n) is 2.86. The molecule has 0 saturated carbocycles. The summed E-state index contributed by atoms with van der Waals surface area (Å²) < 4.78 is 0. The SMILES string of the molecule is C[C@H](O)c1cccc2cn[nH]c12. The molecular weight excluding hydrogens is 152 g/mol. The Balaban J connectivity index is 2.73. The van der Waals surface area contributed by atoms with E-state index in [9.17, 15) is 5.11 Å².